The summed E-state index contributed by atoms with van der Waals surface area (Å²) in [5, 5.41) is 5.16. The predicted octanol–water partition coefficient (Wildman–Crippen LogP) is 2.22. The lowest BCUT2D eigenvalue weighted by atomic mass is 10.3. The molecule has 1 aromatic carbocycles. The van der Waals surface area contributed by atoms with Gasteiger partial charge in [-0.15, -0.1) is 0 Å². The zero-order chi connectivity index (χ0) is 9.10. The zero-order valence-corrected chi connectivity index (χ0v) is 7.79. The Kier molecular flexibility index (Phi) is 2.36. The van der Waals surface area contributed by atoms with Gasteiger partial charge in [0.15, 0.2) is 0 Å². The molecule has 3 heteroatoms. The van der Waals surface area contributed by atoms with Crippen molar-refractivity contribution in [3.63, 3.8) is 0 Å². The number of benzene rings is 1. The van der Waals surface area contributed by atoms with Crippen LogP contribution in [0, 0.1) is 0 Å². The smallest absolute Gasteiger partial charge is 0.114 e. The Balaban J connectivity index is 2.09. The van der Waals surface area contributed by atoms with Gasteiger partial charge >= 0.3 is 0 Å². The summed E-state index contributed by atoms with van der Waals surface area (Å²) in [6.45, 7) is 3.63. The minimum atomic E-state index is 0.749. The van der Waals surface area contributed by atoms with Gasteiger partial charge in [-0.1, -0.05) is 19.1 Å². The van der Waals surface area contributed by atoms with E-state index in [1.807, 2.05) is 17.2 Å². The topological polar surface area (TPSA) is 24.5 Å². The van der Waals surface area contributed by atoms with Crippen molar-refractivity contribution in [2.24, 2.45) is 0 Å². The highest BCUT2D eigenvalue weighted by atomic mass is 16.7. The maximum absolute atomic E-state index is 5.55. The summed E-state index contributed by atoms with van der Waals surface area (Å²) < 4.78 is 0. The Hall–Kier alpha value is -1.22. The molecule has 13 heavy (non-hydrogen) atoms. The zero-order valence-electron chi connectivity index (χ0n) is 7.79. The summed E-state index contributed by atoms with van der Waals surface area (Å²) in [6.07, 6.45) is 1.04. The Morgan fingerprint density at radius 3 is 3.15 bits per heavy atom. The number of nitrogens with one attached hydrogen (secondary N) is 1. The molecule has 0 atom stereocenters. The van der Waals surface area contributed by atoms with E-state index in [0.717, 1.165) is 31.1 Å². The molecule has 0 aliphatic carbocycles. The van der Waals surface area contributed by atoms with E-state index in [4.69, 9.17) is 4.84 Å². The molecule has 2 rings (SSSR count). The maximum Gasteiger partial charge on any atom is 0.114 e. The van der Waals surface area contributed by atoms with Crippen LogP contribution in [0.3, 0.4) is 0 Å². The van der Waals surface area contributed by atoms with Crippen LogP contribution in [0.4, 0.5) is 11.4 Å². The van der Waals surface area contributed by atoms with Gasteiger partial charge in [0.05, 0.1) is 18.0 Å². The highest BCUT2D eigenvalue weighted by Crippen LogP contribution is 2.30. The van der Waals surface area contributed by atoms with Crippen molar-refractivity contribution in [1.82, 2.24) is 0 Å². The Morgan fingerprint density at radius 1 is 1.46 bits per heavy atom. The van der Waals surface area contributed by atoms with Crippen molar-refractivity contribution < 1.29 is 4.84 Å². The number of hydroxylamine groups is 1. The van der Waals surface area contributed by atoms with Gasteiger partial charge in [0, 0.05) is 0 Å². The number of rotatable bonds is 3. The van der Waals surface area contributed by atoms with Crippen LogP contribution in [0.25, 0.3) is 0 Å². The van der Waals surface area contributed by atoms with Gasteiger partial charge < -0.3 is 5.32 Å². The van der Waals surface area contributed by atoms with Gasteiger partial charge in [0.2, 0.25) is 0 Å². The SMILES string of the molecule is CCCON1CNc2ccccc21. The summed E-state index contributed by atoms with van der Waals surface area (Å²) in [7, 11) is 0. The van der Waals surface area contributed by atoms with Crippen LogP contribution in [0.2, 0.25) is 0 Å². The molecule has 0 aromatic heterocycles. The third-order valence-corrected chi connectivity index (χ3v) is 2.04. The lowest BCUT2D eigenvalue weighted by Gasteiger charge is -2.16. The van der Waals surface area contributed by atoms with Crippen LogP contribution < -0.4 is 10.4 Å². The molecule has 0 unspecified atom stereocenters. The second-order valence-corrected chi connectivity index (χ2v) is 3.06. The first-order valence-electron chi connectivity index (χ1n) is 4.65. The molecule has 1 N–H and O–H groups in total. The van der Waals surface area contributed by atoms with Gasteiger partial charge in [-0.2, -0.15) is 0 Å². The molecule has 1 heterocycles. The molecular formula is C10H14N2O. The van der Waals surface area contributed by atoms with E-state index in [1.165, 1.54) is 0 Å². The fourth-order valence-electron chi connectivity index (χ4n) is 1.40. The van der Waals surface area contributed by atoms with Gasteiger partial charge in [-0.25, -0.2) is 5.06 Å². The van der Waals surface area contributed by atoms with Crippen molar-refractivity contribution in [2.75, 3.05) is 23.7 Å². The van der Waals surface area contributed by atoms with Crippen LogP contribution in [-0.4, -0.2) is 13.3 Å². The van der Waals surface area contributed by atoms with Crippen LogP contribution in [0.5, 0.6) is 0 Å². The van der Waals surface area contributed by atoms with E-state index < -0.39 is 0 Å². The van der Waals surface area contributed by atoms with Crippen molar-refractivity contribution in [1.29, 1.82) is 0 Å². The van der Waals surface area contributed by atoms with E-state index in [2.05, 4.69) is 24.4 Å². The van der Waals surface area contributed by atoms with Crippen LogP contribution in [-0.2, 0) is 4.84 Å². The molecule has 70 valence electrons. The molecule has 1 aliphatic heterocycles. The molecule has 1 aliphatic rings. The molecular weight excluding hydrogens is 164 g/mol. The van der Waals surface area contributed by atoms with E-state index in [0.29, 0.717) is 0 Å². The van der Waals surface area contributed by atoms with Gasteiger partial charge in [0.25, 0.3) is 0 Å². The standard InChI is InChI=1S/C10H14N2O/c1-2-7-13-12-8-11-9-5-3-4-6-10(9)12/h3-6,11H,2,7-8H2,1H3. The molecule has 0 saturated carbocycles. The normalized spacial score (nSPS) is 14.1. The molecule has 1 aromatic rings. The second kappa shape index (κ2) is 3.66. The Bertz CT molecular complexity index is 288. The molecule has 0 spiro atoms. The number of hydrogen-bond acceptors (Lipinski definition) is 3. The second-order valence-electron chi connectivity index (χ2n) is 3.06. The van der Waals surface area contributed by atoms with Crippen molar-refractivity contribution >= 4 is 11.4 Å². The number of para-hydroxylation sites is 2. The fraction of sp³-hybridized carbons (Fsp3) is 0.400. The first-order chi connectivity index (χ1) is 6.42. The largest absolute Gasteiger partial charge is 0.364 e. The highest BCUT2D eigenvalue weighted by Gasteiger charge is 2.17. The summed E-state index contributed by atoms with van der Waals surface area (Å²) in [5.41, 5.74) is 2.29. The summed E-state index contributed by atoms with van der Waals surface area (Å²) in [6, 6.07) is 8.17. The number of fused-ring (bicyclic) bond motifs is 1. The molecule has 0 amide bonds. The van der Waals surface area contributed by atoms with E-state index in [1.54, 1.807) is 0 Å². The average molecular weight is 178 g/mol. The first kappa shape index (κ1) is 8.38. The molecule has 0 radical (unpaired) electrons. The van der Waals surface area contributed by atoms with Crippen molar-refractivity contribution in [2.45, 2.75) is 13.3 Å². The Morgan fingerprint density at radius 2 is 2.31 bits per heavy atom. The monoisotopic (exact) mass is 178 g/mol. The average Bonchev–Trinajstić information content (AvgIpc) is 2.58. The Labute approximate surface area is 78.3 Å². The summed E-state index contributed by atoms with van der Waals surface area (Å²) in [5.74, 6) is 0. The van der Waals surface area contributed by atoms with E-state index in [9.17, 15) is 0 Å². The van der Waals surface area contributed by atoms with Crippen molar-refractivity contribution in [3.8, 4) is 0 Å². The van der Waals surface area contributed by atoms with Crippen LogP contribution in [0.1, 0.15) is 13.3 Å². The minimum absolute atomic E-state index is 0.749. The lowest BCUT2D eigenvalue weighted by Crippen LogP contribution is -2.23. The minimum Gasteiger partial charge on any atom is -0.364 e. The van der Waals surface area contributed by atoms with Gasteiger partial charge in [-0.3, -0.25) is 4.84 Å². The molecule has 0 saturated heterocycles. The number of hydrogen-bond donors (Lipinski definition) is 1. The van der Waals surface area contributed by atoms with Crippen molar-refractivity contribution in [3.05, 3.63) is 24.3 Å². The van der Waals surface area contributed by atoms with E-state index in [-0.39, 0.29) is 0 Å². The number of nitrogens with zero attached hydrogens (tertiary/aromatic N) is 1. The molecule has 0 bridgehead atoms. The maximum atomic E-state index is 5.55. The number of anilines is 2. The van der Waals surface area contributed by atoms with Crippen LogP contribution in [0.15, 0.2) is 24.3 Å². The predicted molar refractivity (Wildman–Crippen MR) is 53.7 cm³/mol. The summed E-state index contributed by atoms with van der Waals surface area (Å²) in [4.78, 5) is 5.55. The fourth-order valence-corrected chi connectivity index (χ4v) is 1.40. The van der Waals surface area contributed by atoms with Gasteiger partial charge in [-0.05, 0) is 18.6 Å². The molecule has 0 fully saturated rings. The lowest BCUT2D eigenvalue weighted by molar-refractivity contribution is 0.116. The van der Waals surface area contributed by atoms with Crippen LogP contribution >= 0.6 is 0 Å². The third-order valence-electron chi connectivity index (χ3n) is 2.04. The first-order valence-corrected chi connectivity index (χ1v) is 4.65. The molecule has 3 nitrogen and oxygen atoms in total. The highest BCUT2D eigenvalue weighted by molar-refractivity contribution is 5.73. The van der Waals surface area contributed by atoms with E-state index >= 15 is 0 Å². The quantitative estimate of drug-likeness (QED) is 0.768. The third kappa shape index (κ3) is 1.60. The summed E-state index contributed by atoms with van der Waals surface area (Å²) >= 11 is 0. The van der Waals surface area contributed by atoms with Gasteiger partial charge in [0.1, 0.15) is 6.67 Å².